The average molecular weight is 264 g/mol. The van der Waals surface area contributed by atoms with Gasteiger partial charge in [0, 0.05) is 25.7 Å². The number of nitrogens with one attached hydrogen (secondary N) is 1. The fraction of sp³-hybridized carbons (Fsp3) is 0.533. The molecule has 0 spiro atoms. The molecule has 0 saturated carbocycles. The van der Waals surface area contributed by atoms with Crippen LogP contribution in [0.4, 0.5) is 0 Å². The van der Waals surface area contributed by atoms with Crippen LogP contribution < -0.4 is 10.1 Å². The van der Waals surface area contributed by atoms with Crippen molar-refractivity contribution in [3.63, 3.8) is 0 Å². The van der Waals surface area contributed by atoms with Crippen molar-refractivity contribution in [2.45, 2.75) is 26.8 Å². The van der Waals surface area contributed by atoms with E-state index in [1.165, 1.54) is 4.90 Å². The monoisotopic (exact) mass is 264 g/mol. The number of ether oxygens (including phenoxy) is 1. The zero-order valence-corrected chi connectivity index (χ0v) is 12.5. The molecule has 0 aliphatic carbocycles. The fourth-order valence-corrected chi connectivity index (χ4v) is 1.81. The number of nitrogens with zero attached hydrogens (tertiary/aromatic N) is 1. The van der Waals surface area contributed by atoms with Gasteiger partial charge in [-0.2, -0.15) is 0 Å². The molecule has 0 heterocycles. The van der Waals surface area contributed by atoms with E-state index in [2.05, 4.69) is 31.3 Å². The molecule has 0 fully saturated rings. The molecule has 4 heteroatoms. The maximum absolute atomic E-state index is 11.6. The Bertz CT molecular complexity index is 430. The van der Waals surface area contributed by atoms with Crippen molar-refractivity contribution in [3.8, 4) is 5.75 Å². The van der Waals surface area contributed by atoms with Crippen LogP contribution in [0.25, 0.3) is 0 Å². The first-order valence-corrected chi connectivity index (χ1v) is 6.62. The summed E-state index contributed by atoms with van der Waals surface area (Å²) in [6.45, 7) is 7.14. The minimum absolute atomic E-state index is 0.0384. The van der Waals surface area contributed by atoms with Crippen molar-refractivity contribution in [1.82, 2.24) is 10.2 Å². The molecule has 1 unspecified atom stereocenters. The molecule has 0 aliphatic rings. The lowest BCUT2D eigenvalue weighted by molar-refractivity contribution is -0.130. The van der Waals surface area contributed by atoms with Crippen LogP contribution in [-0.2, 0) is 4.79 Å². The molecule has 0 bridgehead atoms. The van der Waals surface area contributed by atoms with Gasteiger partial charge in [-0.3, -0.25) is 4.79 Å². The normalized spacial score (nSPS) is 12.1. The summed E-state index contributed by atoms with van der Waals surface area (Å²) >= 11 is 0. The summed E-state index contributed by atoms with van der Waals surface area (Å²) in [5.74, 6) is 0.743. The minimum atomic E-state index is -0.0384. The van der Waals surface area contributed by atoms with Crippen LogP contribution in [0.1, 0.15) is 31.0 Å². The van der Waals surface area contributed by atoms with E-state index in [4.69, 9.17) is 4.74 Å². The predicted octanol–water partition coefficient (Wildman–Crippen LogP) is 2.13. The van der Waals surface area contributed by atoms with Gasteiger partial charge in [0.1, 0.15) is 5.75 Å². The van der Waals surface area contributed by atoms with Crippen LogP contribution in [0.15, 0.2) is 18.2 Å². The van der Waals surface area contributed by atoms with Crippen LogP contribution in [0.3, 0.4) is 0 Å². The lowest BCUT2D eigenvalue weighted by Gasteiger charge is -2.19. The van der Waals surface area contributed by atoms with Gasteiger partial charge < -0.3 is 15.0 Å². The van der Waals surface area contributed by atoms with Crippen LogP contribution in [0.2, 0.25) is 0 Å². The number of carbonyl (C=O) groups excluding carboxylic acids is 1. The molecular formula is C15H24N2O2. The lowest BCUT2D eigenvalue weighted by Crippen LogP contribution is -2.28. The van der Waals surface area contributed by atoms with E-state index in [1.54, 1.807) is 14.1 Å². The van der Waals surface area contributed by atoms with Crippen LogP contribution in [-0.4, -0.2) is 38.1 Å². The van der Waals surface area contributed by atoms with Gasteiger partial charge in [-0.05, 0) is 32.0 Å². The first kappa shape index (κ1) is 15.5. The van der Waals surface area contributed by atoms with Gasteiger partial charge in [-0.1, -0.05) is 19.1 Å². The molecule has 1 N–H and O–H groups in total. The average Bonchev–Trinajstić information content (AvgIpc) is 2.36. The minimum Gasteiger partial charge on any atom is -0.483 e. The van der Waals surface area contributed by atoms with Gasteiger partial charge >= 0.3 is 0 Å². The molecule has 1 aromatic carbocycles. The summed E-state index contributed by atoms with van der Waals surface area (Å²) in [4.78, 5) is 13.1. The van der Waals surface area contributed by atoms with E-state index in [0.717, 1.165) is 23.4 Å². The first-order chi connectivity index (χ1) is 8.95. The Morgan fingerprint density at radius 3 is 2.68 bits per heavy atom. The van der Waals surface area contributed by atoms with Crippen molar-refractivity contribution < 1.29 is 9.53 Å². The SMILES string of the molecule is CCNC(C)c1ccc(C)cc1OCC(=O)N(C)C. The molecule has 1 aromatic rings. The Hall–Kier alpha value is -1.55. The third kappa shape index (κ3) is 4.56. The molecule has 19 heavy (non-hydrogen) atoms. The smallest absolute Gasteiger partial charge is 0.259 e. The van der Waals surface area contributed by atoms with E-state index in [9.17, 15) is 4.79 Å². The van der Waals surface area contributed by atoms with Crippen LogP contribution in [0, 0.1) is 6.92 Å². The summed E-state index contributed by atoms with van der Waals surface area (Å²) in [5.41, 5.74) is 2.21. The number of hydrogen-bond donors (Lipinski definition) is 1. The van der Waals surface area contributed by atoms with Gasteiger partial charge in [0.2, 0.25) is 0 Å². The molecule has 0 aromatic heterocycles. The standard InChI is InChI=1S/C15H24N2O2/c1-6-16-12(3)13-8-7-11(2)9-14(13)19-10-15(18)17(4)5/h7-9,12,16H,6,10H2,1-5H3. The van der Waals surface area contributed by atoms with Gasteiger partial charge in [0.15, 0.2) is 6.61 Å². The number of benzene rings is 1. The largest absolute Gasteiger partial charge is 0.483 e. The molecule has 1 atom stereocenters. The fourth-order valence-electron chi connectivity index (χ4n) is 1.81. The lowest BCUT2D eigenvalue weighted by atomic mass is 10.0. The number of rotatable bonds is 6. The molecule has 106 valence electrons. The third-order valence-electron chi connectivity index (χ3n) is 3.00. The number of carbonyl (C=O) groups is 1. The van der Waals surface area contributed by atoms with Crippen molar-refractivity contribution >= 4 is 5.91 Å². The van der Waals surface area contributed by atoms with Crippen molar-refractivity contribution in [1.29, 1.82) is 0 Å². The highest BCUT2D eigenvalue weighted by atomic mass is 16.5. The quantitative estimate of drug-likeness (QED) is 0.856. The van der Waals surface area contributed by atoms with Gasteiger partial charge in [-0.25, -0.2) is 0 Å². The Labute approximate surface area is 115 Å². The topological polar surface area (TPSA) is 41.6 Å². The predicted molar refractivity (Wildman–Crippen MR) is 77.5 cm³/mol. The molecule has 0 aliphatic heterocycles. The Balaban J connectivity index is 2.85. The summed E-state index contributed by atoms with van der Waals surface area (Å²) in [6.07, 6.45) is 0. The maximum atomic E-state index is 11.6. The highest BCUT2D eigenvalue weighted by Crippen LogP contribution is 2.26. The number of amides is 1. The van der Waals surface area contributed by atoms with Crippen molar-refractivity contribution in [2.75, 3.05) is 27.2 Å². The summed E-state index contributed by atoms with van der Waals surface area (Å²) < 4.78 is 5.68. The zero-order chi connectivity index (χ0) is 14.4. The van der Waals surface area contributed by atoms with Gasteiger partial charge in [-0.15, -0.1) is 0 Å². The molecule has 0 radical (unpaired) electrons. The summed E-state index contributed by atoms with van der Waals surface area (Å²) in [5, 5.41) is 3.36. The highest BCUT2D eigenvalue weighted by molar-refractivity contribution is 5.77. The van der Waals surface area contributed by atoms with E-state index >= 15 is 0 Å². The number of hydrogen-bond acceptors (Lipinski definition) is 3. The Kier molecular flexibility index (Phi) is 5.83. The highest BCUT2D eigenvalue weighted by Gasteiger charge is 2.13. The zero-order valence-electron chi connectivity index (χ0n) is 12.5. The number of aryl methyl sites for hydroxylation is 1. The van der Waals surface area contributed by atoms with Gasteiger partial charge in [0.25, 0.3) is 5.91 Å². The Morgan fingerprint density at radius 1 is 1.42 bits per heavy atom. The van der Waals surface area contributed by atoms with Gasteiger partial charge in [0.05, 0.1) is 0 Å². The molecule has 1 amide bonds. The van der Waals surface area contributed by atoms with E-state index < -0.39 is 0 Å². The molecular weight excluding hydrogens is 240 g/mol. The third-order valence-corrected chi connectivity index (χ3v) is 3.00. The Morgan fingerprint density at radius 2 is 2.11 bits per heavy atom. The van der Waals surface area contributed by atoms with Crippen LogP contribution >= 0.6 is 0 Å². The molecule has 4 nitrogen and oxygen atoms in total. The molecule has 1 rings (SSSR count). The second-order valence-corrected chi connectivity index (χ2v) is 4.90. The maximum Gasteiger partial charge on any atom is 0.259 e. The van der Waals surface area contributed by atoms with Crippen molar-refractivity contribution in [3.05, 3.63) is 29.3 Å². The van der Waals surface area contributed by atoms with E-state index in [0.29, 0.717) is 0 Å². The van der Waals surface area contributed by atoms with Crippen LogP contribution in [0.5, 0.6) is 5.75 Å². The van der Waals surface area contributed by atoms with Crippen molar-refractivity contribution in [2.24, 2.45) is 0 Å². The number of likely N-dealkylation sites (N-methyl/N-ethyl adjacent to an activating group) is 1. The first-order valence-electron chi connectivity index (χ1n) is 6.62. The van der Waals surface area contributed by atoms with E-state index in [1.807, 2.05) is 13.0 Å². The summed E-state index contributed by atoms with van der Waals surface area (Å²) in [6, 6.07) is 6.30. The second-order valence-electron chi connectivity index (χ2n) is 4.90. The second kappa shape index (κ2) is 7.14. The summed E-state index contributed by atoms with van der Waals surface area (Å²) in [7, 11) is 3.45. The van der Waals surface area contributed by atoms with E-state index in [-0.39, 0.29) is 18.6 Å². The molecule has 0 saturated heterocycles.